The molecular weight excluding hydrogens is 472 g/mol. The first-order chi connectivity index (χ1) is 16.9. The van der Waals surface area contributed by atoms with Crippen molar-refractivity contribution in [3.8, 4) is 0 Å². The highest BCUT2D eigenvalue weighted by atomic mass is 32.3. The van der Waals surface area contributed by atoms with Crippen molar-refractivity contribution in [2.24, 2.45) is 0 Å². The molecule has 2 aromatic carbocycles. The van der Waals surface area contributed by atoms with Gasteiger partial charge in [-0.05, 0) is 24.3 Å². The van der Waals surface area contributed by atoms with Crippen LogP contribution in [0.3, 0.4) is 0 Å². The van der Waals surface area contributed by atoms with Crippen molar-refractivity contribution in [1.82, 2.24) is 19.9 Å². The van der Waals surface area contributed by atoms with Crippen LogP contribution >= 0.6 is 0 Å². The van der Waals surface area contributed by atoms with E-state index in [4.69, 9.17) is 28.0 Å². The molecule has 0 fully saturated rings. The number of pyridine rings is 4. The Balaban J connectivity index is 0.000000156. The molecule has 0 radical (unpaired) electrons. The zero-order valence-corrected chi connectivity index (χ0v) is 18.9. The van der Waals surface area contributed by atoms with Crippen LogP contribution in [0.2, 0.25) is 0 Å². The molecule has 11 heteroatoms. The summed E-state index contributed by atoms with van der Waals surface area (Å²) in [6, 6.07) is 24.3. The lowest BCUT2D eigenvalue weighted by atomic mass is 10.1. The van der Waals surface area contributed by atoms with Gasteiger partial charge in [0.25, 0.3) is 0 Å². The van der Waals surface area contributed by atoms with Gasteiger partial charge in [0.2, 0.25) is 0 Å². The van der Waals surface area contributed by atoms with Gasteiger partial charge in [-0.2, -0.15) is 8.42 Å². The van der Waals surface area contributed by atoms with Gasteiger partial charge in [0, 0.05) is 46.3 Å². The Bertz CT molecular complexity index is 1450. The molecule has 4 aromatic heterocycles. The van der Waals surface area contributed by atoms with Gasteiger partial charge in [-0.3, -0.25) is 39.6 Å². The van der Waals surface area contributed by atoms with Crippen molar-refractivity contribution >= 4 is 54.0 Å². The Morgan fingerprint density at radius 3 is 0.857 bits per heavy atom. The van der Waals surface area contributed by atoms with Gasteiger partial charge in [-0.25, -0.2) is 0 Å². The summed E-state index contributed by atoms with van der Waals surface area (Å²) in [4.78, 5) is 17.4. The van der Waals surface area contributed by atoms with Gasteiger partial charge < -0.3 is 0 Å². The van der Waals surface area contributed by atoms with Gasteiger partial charge in [-0.1, -0.05) is 48.5 Å². The molecule has 0 saturated carbocycles. The normalized spacial score (nSPS) is 10.5. The maximum absolute atomic E-state index is 8.74. The minimum Gasteiger partial charge on any atom is -0.264 e. The third kappa shape index (κ3) is 6.93. The summed E-state index contributed by atoms with van der Waals surface area (Å²) < 4.78 is 31.6. The van der Waals surface area contributed by atoms with Gasteiger partial charge in [0.1, 0.15) is 0 Å². The summed E-state index contributed by atoms with van der Waals surface area (Å²) >= 11 is 0. The van der Waals surface area contributed by atoms with Crippen LogP contribution in [0, 0.1) is 0 Å². The van der Waals surface area contributed by atoms with E-state index in [2.05, 4.69) is 68.5 Å². The zero-order chi connectivity index (χ0) is 25.3. The second-order valence-electron chi connectivity index (χ2n) is 6.88. The maximum atomic E-state index is 8.74. The molecule has 0 spiro atoms. The average Bonchev–Trinajstić information content (AvgIpc) is 2.89. The van der Waals surface area contributed by atoms with Crippen molar-refractivity contribution in [2.75, 3.05) is 0 Å². The van der Waals surface area contributed by atoms with Crippen LogP contribution in [0.4, 0.5) is 0 Å². The Morgan fingerprint density at radius 2 is 0.657 bits per heavy atom. The van der Waals surface area contributed by atoms with Crippen LogP contribution in [-0.2, 0) is 10.4 Å². The third-order valence-corrected chi connectivity index (χ3v) is 4.69. The molecule has 6 rings (SSSR count). The number of hydrogen-bond acceptors (Lipinski definition) is 8. The number of aromatic nitrogens is 4. The molecule has 0 aliphatic heterocycles. The smallest absolute Gasteiger partial charge is 0.264 e. The fourth-order valence-electron chi connectivity index (χ4n) is 3.36. The summed E-state index contributed by atoms with van der Waals surface area (Å²) in [7, 11) is -4.67. The highest BCUT2D eigenvalue weighted by Gasteiger charge is 2.01. The largest absolute Gasteiger partial charge is 0.394 e. The maximum Gasteiger partial charge on any atom is 0.394 e. The minimum absolute atomic E-state index is 0.977. The van der Waals surface area contributed by atoms with Crippen LogP contribution in [0.25, 0.3) is 43.6 Å². The summed E-state index contributed by atoms with van der Waals surface area (Å²) in [5, 5.41) is 16.6. The molecule has 0 bridgehead atoms. The molecule has 0 amide bonds. The van der Waals surface area contributed by atoms with Crippen LogP contribution in [-0.4, -0.2) is 48.0 Å². The number of benzene rings is 2. The molecule has 0 atom stereocenters. The van der Waals surface area contributed by atoms with E-state index >= 15 is 0 Å². The Kier molecular flexibility index (Phi) is 8.62. The average molecular weight is 493 g/mol. The molecule has 6 aromatic rings. The minimum atomic E-state index is -4.67. The number of nitrogens with zero attached hydrogens (tertiary/aromatic N) is 4. The molecule has 0 unspecified atom stereocenters. The Morgan fingerprint density at radius 1 is 0.457 bits per heavy atom. The van der Waals surface area contributed by atoms with E-state index in [-0.39, 0.29) is 0 Å². The molecule has 4 N–H and O–H groups in total. The molecular formula is C24H20N4O6S. The van der Waals surface area contributed by atoms with E-state index in [0.29, 0.717) is 0 Å². The second kappa shape index (κ2) is 11.8. The second-order valence-corrected chi connectivity index (χ2v) is 7.78. The lowest BCUT2D eigenvalue weighted by Gasteiger charge is -2.00. The lowest BCUT2D eigenvalue weighted by molar-refractivity contribution is -0.176. The van der Waals surface area contributed by atoms with Gasteiger partial charge >= 0.3 is 10.4 Å². The summed E-state index contributed by atoms with van der Waals surface area (Å²) in [5.41, 5.74) is 3.91. The molecule has 4 heterocycles. The van der Waals surface area contributed by atoms with E-state index in [0.717, 1.165) is 43.6 Å². The fraction of sp³-hybridized carbons (Fsp3) is 0. The molecule has 0 aliphatic carbocycles. The van der Waals surface area contributed by atoms with Gasteiger partial charge in [0.05, 0.1) is 22.1 Å². The first kappa shape index (κ1) is 25.5. The van der Waals surface area contributed by atoms with E-state index in [9.17, 15) is 0 Å². The summed E-state index contributed by atoms with van der Waals surface area (Å²) in [6.07, 6.45) is 7.21. The van der Waals surface area contributed by atoms with Crippen molar-refractivity contribution in [3.05, 3.63) is 97.6 Å². The van der Waals surface area contributed by atoms with Gasteiger partial charge in [-0.15, -0.1) is 0 Å². The highest BCUT2D eigenvalue weighted by molar-refractivity contribution is 7.79. The van der Waals surface area contributed by atoms with E-state index in [1.165, 1.54) is 0 Å². The number of fused-ring (bicyclic) bond motifs is 6. The highest BCUT2D eigenvalue weighted by Crippen LogP contribution is 2.21. The van der Waals surface area contributed by atoms with Crippen LogP contribution in [0.1, 0.15) is 0 Å². The van der Waals surface area contributed by atoms with Gasteiger partial charge in [0.15, 0.2) is 0 Å². The first-order valence-electron chi connectivity index (χ1n) is 9.97. The molecule has 0 saturated heterocycles. The van der Waals surface area contributed by atoms with E-state index < -0.39 is 10.4 Å². The first-order valence-corrected chi connectivity index (χ1v) is 11.4. The summed E-state index contributed by atoms with van der Waals surface area (Å²) in [6.45, 7) is 0. The van der Waals surface area contributed by atoms with Crippen molar-refractivity contribution in [3.63, 3.8) is 0 Å². The Labute approximate surface area is 199 Å². The Hall–Kier alpha value is -4.13. The molecule has 0 aliphatic rings. The third-order valence-electron chi connectivity index (χ3n) is 4.69. The number of rotatable bonds is 0. The summed E-state index contributed by atoms with van der Waals surface area (Å²) in [5.74, 6) is 0. The quantitative estimate of drug-likeness (QED) is 0.0987. The fourth-order valence-corrected chi connectivity index (χ4v) is 3.36. The van der Waals surface area contributed by atoms with E-state index in [1.807, 2.05) is 24.3 Å². The lowest BCUT2D eigenvalue weighted by Crippen LogP contribution is -1.89. The van der Waals surface area contributed by atoms with Crippen LogP contribution in [0.5, 0.6) is 0 Å². The van der Waals surface area contributed by atoms with Crippen LogP contribution < -0.4 is 0 Å². The van der Waals surface area contributed by atoms with E-state index in [1.54, 1.807) is 24.8 Å². The molecule has 178 valence electrons. The predicted octanol–water partition coefficient (Wildman–Crippen LogP) is 4.93. The van der Waals surface area contributed by atoms with Crippen molar-refractivity contribution in [2.45, 2.75) is 0 Å². The zero-order valence-electron chi connectivity index (χ0n) is 18.0. The van der Waals surface area contributed by atoms with Crippen molar-refractivity contribution in [1.29, 1.82) is 0 Å². The van der Waals surface area contributed by atoms with Crippen molar-refractivity contribution < 1.29 is 28.0 Å². The number of hydrogen-bond donors (Lipinski definition) is 4. The molecule has 10 nitrogen and oxygen atoms in total. The standard InChI is InChI=1S/2C12H8N2.H2O4S.H2O2/c2*1-3-9-5-6-10-4-2-8-14-12(10)11(9)13-7-1;1-5(2,3)4;1-2/h2*1-8H;(H2,1,2,3,4);1-2H. The predicted molar refractivity (Wildman–Crippen MR) is 134 cm³/mol. The SMILES string of the molecule is O=S(=O)(O)O.OO.c1cnc2c(c1)ccc1cccnc12.c1cnc2c(c1)ccc1cccnc12. The molecule has 35 heavy (non-hydrogen) atoms. The van der Waals surface area contributed by atoms with Crippen LogP contribution in [0.15, 0.2) is 97.6 Å². The monoisotopic (exact) mass is 492 g/mol. The topological polar surface area (TPSA) is 167 Å².